The third-order valence-corrected chi connectivity index (χ3v) is 3.30. The first-order chi connectivity index (χ1) is 8.20. The van der Waals surface area contributed by atoms with Crippen LogP contribution in [0.2, 0.25) is 5.02 Å². The van der Waals surface area contributed by atoms with Crippen LogP contribution in [0.15, 0.2) is 42.5 Å². The van der Waals surface area contributed by atoms with Crippen LogP contribution in [-0.4, -0.2) is 0 Å². The van der Waals surface area contributed by atoms with E-state index in [0.717, 1.165) is 9.32 Å². The first-order valence-electron chi connectivity index (χ1n) is 4.83. The Balaban J connectivity index is 2.32. The number of nitrogens with zero attached hydrogens (tertiary/aromatic N) is 1. The van der Waals surface area contributed by atoms with Gasteiger partial charge in [0.1, 0.15) is 11.5 Å². The predicted molar refractivity (Wildman–Crippen MR) is 75.4 cm³/mol. The third kappa shape index (κ3) is 2.90. The van der Waals surface area contributed by atoms with Crippen molar-refractivity contribution in [2.75, 3.05) is 0 Å². The van der Waals surface area contributed by atoms with Crippen LogP contribution in [0.25, 0.3) is 0 Å². The second-order valence-electron chi connectivity index (χ2n) is 3.29. The maximum absolute atomic E-state index is 8.74. The number of benzene rings is 2. The standard InChI is InChI=1S/C13H7ClINO/c14-10-7-9(8-16)5-6-12(10)17-13-4-2-1-3-11(13)15/h1-7H. The van der Waals surface area contributed by atoms with E-state index in [1.165, 1.54) is 0 Å². The summed E-state index contributed by atoms with van der Waals surface area (Å²) < 4.78 is 6.70. The molecule has 0 amide bonds. The number of halogens is 2. The Kier molecular flexibility index (Phi) is 3.87. The van der Waals surface area contributed by atoms with Gasteiger partial charge in [-0.15, -0.1) is 0 Å². The van der Waals surface area contributed by atoms with Crippen LogP contribution in [-0.2, 0) is 0 Å². The molecular weight excluding hydrogens is 349 g/mol. The monoisotopic (exact) mass is 355 g/mol. The van der Waals surface area contributed by atoms with E-state index in [9.17, 15) is 0 Å². The van der Waals surface area contributed by atoms with Crippen molar-refractivity contribution in [1.29, 1.82) is 5.26 Å². The summed E-state index contributed by atoms with van der Waals surface area (Å²) >= 11 is 8.22. The number of ether oxygens (including phenoxy) is 1. The van der Waals surface area contributed by atoms with Gasteiger partial charge in [-0.3, -0.25) is 0 Å². The maximum Gasteiger partial charge on any atom is 0.146 e. The summed E-state index contributed by atoms with van der Waals surface area (Å²) in [6.45, 7) is 0. The van der Waals surface area contributed by atoms with Crippen molar-refractivity contribution < 1.29 is 4.74 Å². The summed E-state index contributed by atoms with van der Waals surface area (Å²) in [7, 11) is 0. The molecule has 0 spiro atoms. The molecule has 0 N–H and O–H groups in total. The van der Waals surface area contributed by atoms with Gasteiger partial charge in [0.2, 0.25) is 0 Å². The number of nitriles is 1. The summed E-state index contributed by atoms with van der Waals surface area (Å²) in [5.41, 5.74) is 0.519. The highest BCUT2D eigenvalue weighted by Crippen LogP contribution is 2.32. The average molecular weight is 356 g/mol. The number of hydrogen-bond donors (Lipinski definition) is 0. The maximum atomic E-state index is 8.74. The molecule has 0 saturated carbocycles. The molecule has 0 radical (unpaired) electrons. The van der Waals surface area contributed by atoms with Gasteiger partial charge in [0.05, 0.1) is 20.2 Å². The van der Waals surface area contributed by atoms with Crippen LogP contribution in [0.1, 0.15) is 5.56 Å². The minimum atomic E-state index is 0.434. The molecule has 0 aliphatic rings. The fourth-order valence-corrected chi connectivity index (χ4v) is 2.02. The van der Waals surface area contributed by atoms with E-state index >= 15 is 0 Å². The van der Waals surface area contributed by atoms with Gasteiger partial charge in [-0.1, -0.05) is 23.7 Å². The van der Waals surface area contributed by atoms with E-state index in [1.54, 1.807) is 18.2 Å². The number of rotatable bonds is 2. The van der Waals surface area contributed by atoms with Crippen molar-refractivity contribution in [3.8, 4) is 17.6 Å². The molecule has 0 aromatic heterocycles. The topological polar surface area (TPSA) is 33.0 Å². The van der Waals surface area contributed by atoms with Crippen molar-refractivity contribution in [2.45, 2.75) is 0 Å². The van der Waals surface area contributed by atoms with Gasteiger partial charge in [0.15, 0.2) is 0 Å². The minimum absolute atomic E-state index is 0.434. The highest BCUT2D eigenvalue weighted by molar-refractivity contribution is 14.1. The fraction of sp³-hybridized carbons (Fsp3) is 0. The summed E-state index contributed by atoms with van der Waals surface area (Å²) in [6.07, 6.45) is 0. The Bertz CT molecular complexity index is 592. The molecule has 0 aliphatic heterocycles. The van der Waals surface area contributed by atoms with Gasteiger partial charge in [0.25, 0.3) is 0 Å². The van der Waals surface area contributed by atoms with Crippen LogP contribution in [0.3, 0.4) is 0 Å². The van der Waals surface area contributed by atoms with E-state index < -0.39 is 0 Å². The van der Waals surface area contributed by atoms with Crippen molar-refractivity contribution in [3.63, 3.8) is 0 Å². The molecule has 0 atom stereocenters. The van der Waals surface area contributed by atoms with Crippen LogP contribution >= 0.6 is 34.2 Å². The molecule has 0 heterocycles. The Morgan fingerprint density at radius 3 is 2.53 bits per heavy atom. The number of para-hydroxylation sites is 1. The van der Waals surface area contributed by atoms with Gasteiger partial charge in [-0.05, 0) is 52.9 Å². The molecule has 17 heavy (non-hydrogen) atoms. The van der Waals surface area contributed by atoms with E-state index in [4.69, 9.17) is 21.6 Å². The molecule has 0 saturated heterocycles. The Hall–Kier alpha value is -1.25. The lowest BCUT2D eigenvalue weighted by Crippen LogP contribution is -1.88. The molecule has 0 bridgehead atoms. The molecule has 0 aliphatic carbocycles. The third-order valence-electron chi connectivity index (χ3n) is 2.12. The SMILES string of the molecule is N#Cc1ccc(Oc2ccccc2I)c(Cl)c1. The first kappa shape index (κ1) is 12.2. The molecule has 2 rings (SSSR count). The summed E-state index contributed by atoms with van der Waals surface area (Å²) in [5.74, 6) is 1.30. The van der Waals surface area contributed by atoms with E-state index in [0.29, 0.717) is 16.3 Å². The molecule has 0 unspecified atom stereocenters. The van der Waals surface area contributed by atoms with Crippen molar-refractivity contribution in [1.82, 2.24) is 0 Å². The van der Waals surface area contributed by atoms with Gasteiger partial charge < -0.3 is 4.74 Å². The highest BCUT2D eigenvalue weighted by Gasteiger charge is 2.06. The lowest BCUT2D eigenvalue weighted by atomic mass is 10.2. The van der Waals surface area contributed by atoms with Gasteiger partial charge in [0, 0.05) is 0 Å². The molecule has 2 nitrogen and oxygen atoms in total. The highest BCUT2D eigenvalue weighted by atomic mass is 127. The van der Waals surface area contributed by atoms with Gasteiger partial charge in [-0.2, -0.15) is 5.26 Å². The summed E-state index contributed by atoms with van der Waals surface area (Å²) in [4.78, 5) is 0. The quantitative estimate of drug-likeness (QED) is 0.737. The lowest BCUT2D eigenvalue weighted by molar-refractivity contribution is 0.479. The zero-order valence-corrected chi connectivity index (χ0v) is 11.6. The first-order valence-corrected chi connectivity index (χ1v) is 6.28. The smallest absolute Gasteiger partial charge is 0.146 e. The summed E-state index contributed by atoms with van der Waals surface area (Å²) in [6, 6.07) is 14.7. The van der Waals surface area contributed by atoms with Crippen molar-refractivity contribution in [2.24, 2.45) is 0 Å². The van der Waals surface area contributed by atoms with E-state index in [1.807, 2.05) is 30.3 Å². The van der Waals surface area contributed by atoms with Crippen LogP contribution < -0.4 is 4.74 Å². The Morgan fingerprint density at radius 1 is 1.12 bits per heavy atom. The second-order valence-corrected chi connectivity index (χ2v) is 4.86. The molecule has 2 aromatic carbocycles. The zero-order valence-electron chi connectivity index (χ0n) is 8.65. The van der Waals surface area contributed by atoms with Gasteiger partial charge >= 0.3 is 0 Å². The van der Waals surface area contributed by atoms with Crippen molar-refractivity contribution >= 4 is 34.2 Å². The fourth-order valence-electron chi connectivity index (χ4n) is 1.30. The average Bonchev–Trinajstić information content (AvgIpc) is 2.34. The number of hydrogen-bond acceptors (Lipinski definition) is 2. The van der Waals surface area contributed by atoms with E-state index in [2.05, 4.69) is 22.6 Å². The molecule has 2 aromatic rings. The molecule has 84 valence electrons. The predicted octanol–water partition coefficient (Wildman–Crippen LogP) is 4.61. The van der Waals surface area contributed by atoms with Crippen molar-refractivity contribution in [3.05, 3.63) is 56.6 Å². The Labute approximate surface area is 118 Å². The van der Waals surface area contributed by atoms with Gasteiger partial charge in [-0.25, -0.2) is 0 Å². The molecular formula is C13H7ClINO. The largest absolute Gasteiger partial charge is 0.455 e. The summed E-state index contributed by atoms with van der Waals surface area (Å²) in [5, 5.41) is 9.17. The lowest BCUT2D eigenvalue weighted by Gasteiger charge is -2.08. The van der Waals surface area contributed by atoms with Crippen LogP contribution in [0.5, 0.6) is 11.5 Å². The Morgan fingerprint density at radius 2 is 1.88 bits per heavy atom. The minimum Gasteiger partial charge on any atom is -0.455 e. The molecule has 4 heteroatoms. The van der Waals surface area contributed by atoms with E-state index in [-0.39, 0.29) is 0 Å². The van der Waals surface area contributed by atoms with Crippen LogP contribution in [0.4, 0.5) is 0 Å². The normalized spacial score (nSPS) is 9.71. The van der Waals surface area contributed by atoms with Crippen LogP contribution in [0, 0.1) is 14.9 Å². The zero-order chi connectivity index (χ0) is 12.3. The second kappa shape index (κ2) is 5.39. The molecule has 0 fully saturated rings.